The van der Waals surface area contributed by atoms with Gasteiger partial charge in [-0.3, -0.25) is 9.20 Å². The Morgan fingerprint density at radius 1 is 1.47 bits per heavy atom. The van der Waals surface area contributed by atoms with Crippen LogP contribution in [0.3, 0.4) is 0 Å². The van der Waals surface area contributed by atoms with Crippen LogP contribution in [-0.2, 0) is 16.6 Å². The molecule has 1 atom stereocenters. The molecule has 1 aliphatic rings. The first-order chi connectivity index (χ1) is 8.16. The molecule has 17 heavy (non-hydrogen) atoms. The van der Waals surface area contributed by atoms with Gasteiger partial charge in [0.2, 0.25) is 0 Å². The topological polar surface area (TPSA) is 55.5 Å². The number of anilines is 1. The third kappa shape index (κ3) is 3.03. The van der Waals surface area contributed by atoms with Crippen LogP contribution in [0, 0.1) is 0 Å². The molecule has 1 aliphatic heterocycles. The van der Waals surface area contributed by atoms with Gasteiger partial charge in [0, 0.05) is 41.3 Å². The van der Waals surface area contributed by atoms with Crippen LogP contribution in [0.1, 0.15) is 17.5 Å². The van der Waals surface area contributed by atoms with E-state index >= 15 is 0 Å². The van der Waals surface area contributed by atoms with Crippen molar-refractivity contribution in [1.82, 2.24) is 0 Å². The van der Waals surface area contributed by atoms with Crippen molar-refractivity contribution < 1.29 is 4.21 Å². The van der Waals surface area contributed by atoms with Gasteiger partial charge >= 0.3 is 0 Å². The minimum absolute atomic E-state index is 0.533. The third-order valence-electron chi connectivity index (χ3n) is 2.65. The molecule has 4 heteroatoms. The number of nitrogen functional groups attached to an aromatic ring is 1. The maximum Gasteiger partial charge on any atom is 0.0489 e. The van der Waals surface area contributed by atoms with Crippen LogP contribution in [0.25, 0.3) is 5.57 Å². The quantitative estimate of drug-likeness (QED) is 0.832. The molecule has 1 aromatic carbocycles. The molecule has 0 aromatic heterocycles. The molecule has 1 unspecified atom stereocenters. The van der Waals surface area contributed by atoms with Gasteiger partial charge < -0.3 is 5.73 Å². The van der Waals surface area contributed by atoms with Crippen LogP contribution >= 0.6 is 0 Å². The van der Waals surface area contributed by atoms with Crippen molar-refractivity contribution in [3.8, 4) is 0 Å². The maximum absolute atomic E-state index is 11.4. The van der Waals surface area contributed by atoms with E-state index in [-0.39, 0.29) is 0 Å². The first-order valence-corrected chi connectivity index (χ1v) is 7.28. The van der Waals surface area contributed by atoms with Gasteiger partial charge in [-0.15, -0.1) is 0 Å². The van der Waals surface area contributed by atoms with Crippen molar-refractivity contribution in [3.63, 3.8) is 0 Å². The molecule has 0 bridgehead atoms. The highest BCUT2D eigenvalue weighted by Crippen LogP contribution is 2.23. The summed E-state index contributed by atoms with van der Waals surface area (Å²) >= 11 is 0. The Kier molecular flexibility index (Phi) is 3.74. The number of rotatable bonds is 3. The summed E-state index contributed by atoms with van der Waals surface area (Å²) in [5.41, 5.74) is 9.73. The molecule has 0 spiro atoms. The van der Waals surface area contributed by atoms with Crippen LogP contribution < -0.4 is 5.73 Å². The van der Waals surface area contributed by atoms with Crippen LogP contribution in [0.15, 0.2) is 29.3 Å². The van der Waals surface area contributed by atoms with Crippen molar-refractivity contribution >= 4 is 28.3 Å². The Morgan fingerprint density at radius 2 is 2.29 bits per heavy atom. The van der Waals surface area contributed by atoms with Crippen molar-refractivity contribution in [2.24, 2.45) is 4.99 Å². The Bertz CT molecular complexity index is 506. The second-order valence-electron chi connectivity index (χ2n) is 4.12. The monoisotopic (exact) mass is 248 g/mol. The number of dihydropyridines is 1. The second-order valence-corrected chi connectivity index (χ2v) is 5.55. The summed E-state index contributed by atoms with van der Waals surface area (Å²) in [5, 5.41) is 0. The van der Waals surface area contributed by atoms with E-state index in [2.05, 4.69) is 11.1 Å². The first-order valence-electron chi connectivity index (χ1n) is 5.55. The zero-order valence-corrected chi connectivity index (χ0v) is 10.7. The van der Waals surface area contributed by atoms with E-state index in [1.54, 1.807) is 6.26 Å². The molecule has 0 saturated carbocycles. The van der Waals surface area contributed by atoms with E-state index in [1.165, 1.54) is 0 Å². The number of nitrogens with two attached hydrogens (primary N) is 1. The van der Waals surface area contributed by atoms with E-state index in [4.69, 9.17) is 5.73 Å². The predicted molar refractivity (Wildman–Crippen MR) is 74.6 cm³/mol. The third-order valence-corrected chi connectivity index (χ3v) is 3.37. The van der Waals surface area contributed by atoms with Crippen molar-refractivity contribution in [1.29, 1.82) is 0 Å². The smallest absolute Gasteiger partial charge is 0.0489 e. The average Bonchev–Trinajstić information content (AvgIpc) is 2.29. The van der Waals surface area contributed by atoms with E-state index in [0.717, 1.165) is 29.7 Å². The molecule has 0 fully saturated rings. The molecule has 1 aromatic rings. The molecule has 0 saturated heterocycles. The van der Waals surface area contributed by atoms with E-state index in [0.29, 0.717) is 11.4 Å². The van der Waals surface area contributed by atoms with Gasteiger partial charge in [-0.05, 0) is 35.3 Å². The summed E-state index contributed by atoms with van der Waals surface area (Å²) < 4.78 is 11.4. The normalized spacial score (nSPS) is 16.6. The van der Waals surface area contributed by atoms with E-state index < -0.39 is 10.8 Å². The van der Waals surface area contributed by atoms with Crippen molar-refractivity contribution in [3.05, 3.63) is 35.4 Å². The fourth-order valence-corrected chi connectivity index (χ4v) is 2.60. The molecule has 0 amide bonds. The predicted octanol–water partition coefficient (Wildman–Crippen LogP) is 2.01. The number of nitrogens with zero attached hydrogens (tertiary/aromatic N) is 1. The van der Waals surface area contributed by atoms with Crippen molar-refractivity contribution in [2.75, 3.05) is 18.5 Å². The Labute approximate surface area is 104 Å². The molecular weight excluding hydrogens is 232 g/mol. The van der Waals surface area contributed by atoms with E-state index in [9.17, 15) is 4.21 Å². The highest BCUT2D eigenvalue weighted by atomic mass is 32.2. The number of hydrogen-bond acceptors (Lipinski definition) is 3. The lowest BCUT2D eigenvalue weighted by Gasteiger charge is -2.12. The number of aliphatic imine (C=N–C) groups is 1. The van der Waals surface area contributed by atoms with Gasteiger partial charge in [0.15, 0.2) is 0 Å². The molecule has 3 nitrogen and oxygen atoms in total. The molecule has 90 valence electrons. The molecule has 0 radical (unpaired) electrons. The largest absolute Gasteiger partial charge is 0.399 e. The van der Waals surface area contributed by atoms with Crippen molar-refractivity contribution in [2.45, 2.75) is 12.2 Å². The first kappa shape index (κ1) is 12.0. The summed E-state index contributed by atoms with van der Waals surface area (Å²) in [6.07, 6.45) is 6.72. The summed E-state index contributed by atoms with van der Waals surface area (Å²) in [6.45, 7) is 0.855. The minimum Gasteiger partial charge on any atom is -0.399 e. The van der Waals surface area contributed by atoms with Gasteiger partial charge in [0.05, 0.1) is 0 Å². The lowest BCUT2D eigenvalue weighted by Crippen LogP contribution is -2.02. The summed E-state index contributed by atoms with van der Waals surface area (Å²) in [5.74, 6) is 0.533. The lowest BCUT2D eigenvalue weighted by atomic mass is 9.99. The number of hydrogen-bond donors (Lipinski definition) is 1. The van der Waals surface area contributed by atoms with Crippen LogP contribution in [0.4, 0.5) is 5.69 Å². The van der Waals surface area contributed by atoms with E-state index in [1.807, 2.05) is 24.4 Å². The van der Waals surface area contributed by atoms with Gasteiger partial charge in [-0.1, -0.05) is 12.1 Å². The average molecular weight is 248 g/mol. The molecular formula is C13H16N2OS. The zero-order chi connectivity index (χ0) is 12.3. The lowest BCUT2D eigenvalue weighted by molar-refractivity contribution is 0.686. The van der Waals surface area contributed by atoms with Gasteiger partial charge in [0.1, 0.15) is 0 Å². The Morgan fingerprint density at radius 3 is 2.94 bits per heavy atom. The second kappa shape index (κ2) is 5.27. The fraction of sp³-hybridized carbons (Fsp3) is 0.308. The highest BCUT2D eigenvalue weighted by molar-refractivity contribution is 7.83. The highest BCUT2D eigenvalue weighted by Gasteiger charge is 2.09. The standard InChI is InChI=1S/C13H16N2OS/c1-17(16)9-11-7-12(14)4-5-13(11)10-3-2-6-15-8-10/h3-5,7-8H,2,6,9,14H2,1H3. The zero-order valence-electron chi connectivity index (χ0n) is 9.85. The number of benzene rings is 1. The van der Waals surface area contributed by atoms with Crippen LogP contribution in [-0.4, -0.2) is 23.2 Å². The maximum atomic E-state index is 11.4. The summed E-state index contributed by atoms with van der Waals surface area (Å²) in [7, 11) is -0.867. The summed E-state index contributed by atoms with van der Waals surface area (Å²) in [4.78, 5) is 4.28. The SMILES string of the molecule is CS(=O)Cc1cc(N)ccc1C1=CCCN=C1. The molecule has 0 aliphatic carbocycles. The fourth-order valence-electron chi connectivity index (χ4n) is 1.92. The van der Waals surface area contributed by atoms with Crippen LogP contribution in [0.2, 0.25) is 0 Å². The van der Waals surface area contributed by atoms with Gasteiger partial charge in [-0.25, -0.2) is 0 Å². The minimum atomic E-state index is -0.867. The van der Waals surface area contributed by atoms with Crippen LogP contribution in [0.5, 0.6) is 0 Å². The number of allylic oxidation sites excluding steroid dienone is 1. The van der Waals surface area contributed by atoms with Gasteiger partial charge in [0.25, 0.3) is 0 Å². The Hall–Kier alpha value is -1.42. The van der Waals surface area contributed by atoms with Gasteiger partial charge in [-0.2, -0.15) is 0 Å². The summed E-state index contributed by atoms with van der Waals surface area (Å²) in [6, 6.07) is 5.77. The molecule has 2 N–H and O–H groups in total. The molecule has 2 rings (SSSR count). The molecule has 1 heterocycles. The Balaban J connectivity index is 2.41.